The maximum Gasteiger partial charge on any atom is 0.297 e. The van der Waals surface area contributed by atoms with Crippen molar-refractivity contribution in [2.24, 2.45) is 0 Å². The number of carbonyl (C=O) groups excluding carboxylic acids is 1. The molecule has 0 saturated carbocycles. The van der Waals surface area contributed by atoms with Crippen LogP contribution in [0.5, 0.6) is 0 Å². The highest BCUT2D eigenvalue weighted by molar-refractivity contribution is 9.12. The third-order valence-corrected chi connectivity index (χ3v) is 2.55. The summed E-state index contributed by atoms with van der Waals surface area (Å²) in [5.74, 6) is 2.04. The average Bonchev–Trinajstić information content (AvgIpc) is 2.48. The summed E-state index contributed by atoms with van der Waals surface area (Å²) in [6, 6.07) is 0. The van der Waals surface area contributed by atoms with Crippen molar-refractivity contribution in [3.8, 4) is 10.8 Å². The number of amides is 1. The molecule has 0 saturated heterocycles. The fraction of sp³-hybridized carbons (Fsp3) is 0.250. The zero-order valence-corrected chi connectivity index (χ0v) is 9.33. The van der Waals surface area contributed by atoms with E-state index in [2.05, 4.69) is 37.0 Å². The molecule has 1 heterocycles. The normalized spacial score (nSPS) is 8.77. The molecule has 0 fully saturated rings. The van der Waals surface area contributed by atoms with Crippen molar-refractivity contribution >= 4 is 33.2 Å². The maximum atomic E-state index is 10.9. The number of thiazole rings is 1. The van der Waals surface area contributed by atoms with E-state index >= 15 is 0 Å². The van der Waals surface area contributed by atoms with Crippen LogP contribution >= 0.6 is 27.3 Å². The zero-order chi connectivity index (χ0) is 9.68. The van der Waals surface area contributed by atoms with Gasteiger partial charge in [0.2, 0.25) is 0 Å². The predicted molar refractivity (Wildman–Crippen MR) is 55.4 cm³/mol. The number of nitrogens with one attached hydrogen (secondary N) is 1. The summed E-state index contributed by atoms with van der Waals surface area (Å²) < 4.78 is 0. The van der Waals surface area contributed by atoms with Crippen molar-refractivity contribution in [2.45, 2.75) is 13.5 Å². The number of aryl methyl sites for hydroxylation is 1. The molecule has 0 unspecified atom stereocenters. The monoisotopic (exact) mass is 258 g/mol. The number of nitrogens with zero attached hydrogens (tertiary/aromatic N) is 1. The molecule has 1 aromatic heterocycles. The maximum absolute atomic E-state index is 10.9. The van der Waals surface area contributed by atoms with Gasteiger partial charge in [0, 0.05) is 26.7 Å². The van der Waals surface area contributed by atoms with Crippen LogP contribution in [0.1, 0.15) is 10.6 Å². The van der Waals surface area contributed by atoms with E-state index in [1.165, 1.54) is 11.3 Å². The molecule has 5 heteroatoms. The van der Waals surface area contributed by atoms with Gasteiger partial charge in [-0.1, -0.05) is 0 Å². The zero-order valence-electron chi connectivity index (χ0n) is 6.93. The molecule has 1 rings (SSSR count). The lowest BCUT2D eigenvalue weighted by Crippen LogP contribution is -2.20. The first-order valence-corrected chi connectivity index (χ1v) is 5.19. The summed E-state index contributed by atoms with van der Waals surface area (Å²) >= 11 is 4.38. The van der Waals surface area contributed by atoms with Crippen LogP contribution in [-0.2, 0) is 11.3 Å². The van der Waals surface area contributed by atoms with Crippen LogP contribution in [0.4, 0.5) is 0 Å². The van der Waals surface area contributed by atoms with Gasteiger partial charge >= 0.3 is 0 Å². The standard InChI is InChI=1S/C8H7BrN2OS/c1-6-7(13-5-11-6)4-10-8(12)2-3-9/h5H,4H2,1H3,(H,10,12). The van der Waals surface area contributed by atoms with Crippen molar-refractivity contribution in [1.82, 2.24) is 10.3 Å². The Morgan fingerprint density at radius 2 is 2.62 bits per heavy atom. The van der Waals surface area contributed by atoms with Crippen LogP contribution < -0.4 is 5.32 Å². The SMILES string of the molecule is Cc1ncsc1CNC(=O)C#CBr. The Morgan fingerprint density at radius 3 is 3.15 bits per heavy atom. The second-order valence-corrected chi connectivity index (χ2v) is 3.60. The highest BCUT2D eigenvalue weighted by Crippen LogP contribution is 2.10. The first kappa shape index (κ1) is 10.2. The second-order valence-electron chi connectivity index (χ2n) is 2.26. The van der Waals surface area contributed by atoms with E-state index in [1.807, 2.05) is 6.92 Å². The summed E-state index contributed by atoms with van der Waals surface area (Å²) in [5, 5.41) is 2.65. The Bertz CT molecular complexity index is 364. The Kier molecular flexibility index (Phi) is 3.93. The minimum atomic E-state index is -0.287. The molecule has 1 aromatic rings. The fourth-order valence-corrected chi connectivity index (χ4v) is 1.64. The van der Waals surface area contributed by atoms with Gasteiger partial charge in [0.15, 0.2) is 0 Å². The van der Waals surface area contributed by atoms with Gasteiger partial charge in [-0.2, -0.15) is 0 Å². The van der Waals surface area contributed by atoms with Crippen molar-refractivity contribution in [2.75, 3.05) is 0 Å². The Balaban J connectivity index is 2.47. The Hall–Kier alpha value is -0.860. The van der Waals surface area contributed by atoms with Crippen LogP contribution in [-0.4, -0.2) is 10.9 Å². The smallest absolute Gasteiger partial charge is 0.297 e. The summed E-state index contributed by atoms with van der Waals surface area (Å²) in [6.07, 6.45) is 0. The van der Waals surface area contributed by atoms with Crippen molar-refractivity contribution in [1.29, 1.82) is 0 Å². The predicted octanol–water partition coefficient (Wildman–Crippen LogP) is 1.42. The summed E-state index contributed by atoms with van der Waals surface area (Å²) in [6.45, 7) is 2.41. The topological polar surface area (TPSA) is 42.0 Å². The van der Waals surface area contributed by atoms with Gasteiger partial charge < -0.3 is 5.32 Å². The lowest BCUT2D eigenvalue weighted by molar-refractivity contribution is -0.115. The van der Waals surface area contributed by atoms with Crippen LogP contribution in [0.2, 0.25) is 0 Å². The van der Waals surface area contributed by atoms with E-state index in [-0.39, 0.29) is 5.91 Å². The summed E-state index contributed by atoms with van der Waals surface area (Å²) in [5.41, 5.74) is 2.71. The van der Waals surface area contributed by atoms with Gasteiger partial charge in [0.05, 0.1) is 17.7 Å². The Morgan fingerprint density at radius 1 is 1.85 bits per heavy atom. The molecular weight excluding hydrogens is 252 g/mol. The quantitative estimate of drug-likeness (QED) is 0.816. The average molecular weight is 259 g/mol. The Labute approximate surface area is 88.7 Å². The van der Waals surface area contributed by atoms with Crippen LogP contribution in [0.25, 0.3) is 0 Å². The van der Waals surface area contributed by atoms with E-state index < -0.39 is 0 Å². The van der Waals surface area contributed by atoms with E-state index in [4.69, 9.17) is 0 Å². The highest BCUT2D eigenvalue weighted by Gasteiger charge is 2.01. The van der Waals surface area contributed by atoms with Crippen molar-refractivity contribution in [3.05, 3.63) is 16.1 Å². The molecular formula is C8H7BrN2OS. The van der Waals surface area contributed by atoms with Crippen molar-refractivity contribution in [3.63, 3.8) is 0 Å². The molecule has 0 spiro atoms. The molecule has 1 N–H and O–H groups in total. The second kappa shape index (κ2) is 5.00. The van der Waals surface area contributed by atoms with E-state index in [1.54, 1.807) is 5.51 Å². The van der Waals surface area contributed by atoms with Gasteiger partial charge in [-0.05, 0) is 11.8 Å². The minimum absolute atomic E-state index is 0.287. The molecule has 0 aliphatic carbocycles. The summed E-state index contributed by atoms with van der Waals surface area (Å²) in [4.78, 5) is 18.4. The fourth-order valence-electron chi connectivity index (χ4n) is 0.744. The number of carbonyl (C=O) groups is 1. The lowest BCUT2D eigenvalue weighted by Gasteiger charge is -1.97. The van der Waals surface area contributed by atoms with Gasteiger partial charge in [-0.25, -0.2) is 4.98 Å². The number of hydrogen-bond donors (Lipinski definition) is 1. The molecule has 13 heavy (non-hydrogen) atoms. The highest BCUT2D eigenvalue weighted by atomic mass is 79.9. The molecule has 0 aliphatic heterocycles. The first-order valence-electron chi connectivity index (χ1n) is 3.52. The first-order chi connectivity index (χ1) is 6.24. The molecule has 0 aliphatic rings. The van der Waals surface area contributed by atoms with Crippen LogP contribution in [0, 0.1) is 17.7 Å². The molecule has 0 aromatic carbocycles. The van der Waals surface area contributed by atoms with Gasteiger partial charge in [-0.3, -0.25) is 4.79 Å². The van der Waals surface area contributed by atoms with E-state index in [0.29, 0.717) is 6.54 Å². The van der Waals surface area contributed by atoms with Gasteiger partial charge in [-0.15, -0.1) is 11.3 Å². The number of rotatable bonds is 2. The third-order valence-electron chi connectivity index (χ3n) is 1.42. The third kappa shape index (κ3) is 3.17. The van der Waals surface area contributed by atoms with Crippen molar-refractivity contribution < 1.29 is 4.79 Å². The molecule has 68 valence electrons. The largest absolute Gasteiger partial charge is 0.340 e. The van der Waals surface area contributed by atoms with Crippen LogP contribution in [0.15, 0.2) is 5.51 Å². The molecule has 0 bridgehead atoms. The molecule has 3 nitrogen and oxygen atoms in total. The minimum Gasteiger partial charge on any atom is -0.340 e. The van der Waals surface area contributed by atoms with E-state index in [9.17, 15) is 4.79 Å². The molecule has 1 amide bonds. The molecule has 0 radical (unpaired) electrons. The van der Waals surface area contributed by atoms with Crippen LogP contribution in [0.3, 0.4) is 0 Å². The number of halogens is 1. The van der Waals surface area contributed by atoms with Gasteiger partial charge in [0.1, 0.15) is 0 Å². The van der Waals surface area contributed by atoms with Gasteiger partial charge in [0.25, 0.3) is 5.91 Å². The number of hydrogen-bond acceptors (Lipinski definition) is 3. The molecule has 0 atom stereocenters. The number of aromatic nitrogens is 1. The van der Waals surface area contributed by atoms with E-state index in [0.717, 1.165) is 10.6 Å². The lowest BCUT2D eigenvalue weighted by atomic mass is 10.4. The summed E-state index contributed by atoms with van der Waals surface area (Å²) in [7, 11) is 0.